The number of piperidine rings is 1. The van der Waals surface area contributed by atoms with Gasteiger partial charge in [-0.1, -0.05) is 29.8 Å². The molecule has 320 valence electrons. The number of aryl methyl sites for hydroxylation is 2. The number of ether oxygens (including phenoxy) is 3. The molecule has 0 saturated carbocycles. The van der Waals surface area contributed by atoms with Gasteiger partial charge in [-0.05, 0) is 81.0 Å². The lowest BCUT2D eigenvalue weighted by Crippen LogP contribution is -2.49. The Morgan fingerprint density at radius 1 is 0.900 bits per heavy atom. The first-order chi connectivity index (χ1) is 28.5. The van der Waals surface area contributed by atoms with Crippen LogP contribution in [0.25, 0.3) is 5.00 Å². The normalized spacial score (nSPS) is 17.0. The summed E-state index contributed by atoms with van der Waals surface area (Å²) < 4.78 is 19.0. The van der Waals surface area contributed by atoms with E-state index in [0.29, 0.717) is 88.2 Å². The Hall–Kier alpha value is -4.25. The number of amides is 2. The molecule has 1 saturated heterocycles. The summed E-state index contributed by atoms with van der Waals surface area (Å²) in [7, 11) is 0. The third-order valence-corrected chi connectivity index (χ3v) is 12.5. The van der Waals surface area contributed by atoms with Gasteiger partial charge in [0.25, 0.3) is 5.91 Å². The lowest BCUT2D eigenvalue weighted by atomic mass is 9.99. The van der Waals surface area contributed by atoms with Crippen LogP contribution in [0.5, 0.6) is 0 Å². The second kappa shape index (κ2) is 21.0. The van der Waals surface area contributed by atoms with E-state index in [4.69, 9.17) is 30.8 Å². The summed E-state index contributed by atoms with van der Waals surface area (Å²) in [5.74, 6) is 1.49. The minimum absolute atomic E-state index is 0. The zero-order chi connectivity index (χ0) is 41.5. The van der Waals surface area contributed by atoms with Crippen LogP contribution < -0.4 is 5.32 Å². The molecule has 0 bridgehead atoms. The number of halogens is 1. The maximum absolute atomic E-state index is 13.3. The van der Waals surface area contributed by atoms with Gasteiger partial charge in [0.15, 0.2) is 5.82 Å². The average Bonchev–Trinajstić information content (AvgIpc) is 3.86. The Morgan fingerprint density at radius 2 is 1.62 bits per heavy atom. The maximum Gasteiger partial charge on any atom is 0.253 e. The third kappa shape index (κ3) is 11.0. The van der Waals surface area contributed by atoms with Gasteiger partial charge >= 0.3 is 0 Å². The molecule has 1 aliphatic carbocycles. The quantitative estimate of drug-likeness (QED) is 0.116. The molecule has 60 heavy (non-hydrogen) atoms. The number of benzene rings is 2. The van der Waals surface area contributed by atoms with Gasteiger partial charge in [0.2, 0.25) is 5.91 Å². The van der Waals surface area contributed by atoms with Crippen LogP contribution in [0, 0.1) is 20.8 Å². The van der Waals surface area contributed by atoms with Crippen LogP contribution >= 0.6 is 36.4 Å². The van der Waals surface area contributed by atoms with Crippen molar-refractivity contribution in [1.29, 1.82) is 0 Å². The zero-order valence-electron chi connectivity index (χ0n) is 34.4. The van der Waals surface area contributed by atoms with Crippen LogP contribution in [0.15, 0.2) is 47.5 Å². The van der Waals surface area contributed by atoms with Crippen molar-refractivity contribution < 1.29 is 33.4 Å². The zero-order valence-corrected chi connectivity index (χ0v) is 37.0. The first-order valence-electron chi connectivity index (χ1n) is 20.4. The first-order valence-corrected chi connectivity index (χ1v) is 21.6. The molecule has 2 aliphatic heterocycles. The molecule has 1 fully saturated rings. The highest BCUT2D eigenvalue weighted by Crippen LogP contribution is 2.40. The van der Waals surface area contributed by atoms with Crippen molar-refractivity contribution >= 4 is 65.5 Å². The minimum Gasteiger partial charge on any atom is -0.379 e. The third-order valence-electron chi connectivity index (χ3n) is 11.0. The van der Waals surface area contributed by atoms with Gasteiger partial charge in [-0.25, -0.2) is 0 Å². The Morgan fingerprint density at radius 3 is 2.38 bits per heavy atom. The van der Waals surface area contributed by atoms with Crippen LogP contribution in [-0.2, 0) is 41.4 Å². The molecule has 0 radical (unpaired) electrons. The van der Waals surface area contributed by atoms with Crippen molar-refractivity contribution in [2.24, 2.45) is 4.99 Å². The monoisotopic (exact) mass is 876 g/mol. The van der Waals surface area contributed by atoms with Crippen LogP contribution in [0.2, 0.25) is 5.02 Å². The van der Waals surface area contributed by atoms with Crippen molar-refractivity contribution in [3.8, 4) is 5.00 Å². The van der Waals surface area contributed by atoms with E-state index in [1.54, 1.807) is 22.3 Å². The van der Waals surface area contributed by atoms with E-state index in [-0.39, 0.29) is 62.4 Å². The largest absolute Gasteiger partial charge is 0.379 e. The molecule has 2 aromatic heterocycles. The number of nitrogens with zero attached hydrogens (tertiary/aromatic N) is 5. The van der Waals surface area contributed by atoms with Crippen molar-refractivity contribution in [2.75, 3.05) is 52.7 Å². The Balaban J connectivity index is 0.00000604. The minimum atomic E-state index is -0.490. The maximum atomic E-state index is 13.3. The molecule has 4 heterocycles. The molecule has 2 aromatic carbocycles. The number of fused-ring (bicyclic) bond motifs is 4. The van der Waals surface area contributed by atoms with Gasteiger partial charge in [-0.15, -0.1) is 21.5 Å². The van der Waals surface area contributed by atoms with Crippen molar-refractivity contribution in [2.45, 2.75) is 84.2 Å². The first kappa shape index (κ1) is 45.3. The summed E-state index contributed by atoms with van der Waals surface area (Å²) in [6.07, 6.45) is 3.80. The van der Waals surface area contributed by atoms with E-state index in [0.717, 1.165) is 57.2 Å². The number of hydrogen-bond donors (Lipinski definition) is 1. The number of aromatic nitrogens is 3. The number of rotatable bonds is 18. The smallest absolute Gasteiger partial charge is 0.253 e. The predicted octanol–water partition coefficient (Wildman–Crippen LogP) is 6.18. The SMILES string of the molecule is Cc1sc2c(c1C)C(c1ccc(Cl)cc1)=N[C@@H](CC(=O)CCCOCCOCCOCCC(=O)NC1CCCN(C(=O)c3ccc4c(c3)CC(=O)C4)C1)c1nnc(C)n1-2.S. The lowest BCUT2D eigenvalue weighted by molar-refractivity contribution is -0.123. The van der Waals surface area contributed by atoms with E-state index in [1.807, 2.05) is 43.3 Å². The molecule has 1 N–H and O–H groups in total. The van der Waals surface area contributed by atoms with Crippen molar-refractivity contribution in [1.82, 2.24) is 25.0 Å². The van der Waals surface area contributed by atoms with E-state index >= 15 is 0 Å². The molecule has 2 atom stereocenters. The molecule has 1 unspecified atom stereocenters. The van der Waals surface area contributed by atoms with E-state index < -0.39 is 6.04 Å². The molecule has 3 aliphatic rings. The number of aliphatic imine (C=N–C) groups is 1. The van der Waals surface area contributed by atoms with Gasteiger partial charge < -0.3 is 24.4 Å². The van der Waals surface area contributed by atoms with Crippen molar-refractivity contribution in [3.63, 3.8) is 0 Å². The summed E-state index contributed by atoms with van der Waals surface area (Å²) in [4.78, 5) is 59.0. The van der Waals surface area contributed by atoms with Crippen LogP contribution in [-0.4, -0.2) is 108 Å². The number of carbonyl (C=O) groups is 4. The summed E-state index contributed by atoms with van der Waals surface area (Å²) in [6.45, 7) is 9.43. The van der Waals surface area contributed by atoms with Gasteiger partial charge in [0, 0.05) is 84.4 Å². The lowest BCUT2D eigenvalue weighted by Gasteiger charge is -2.33. The average molecular weight is 878 g/mol. The molecular formula is C44H53ClN6O7S2. The molecule has 4 aromatic rings. The van der Waals surface area contributed by atoms with E-state index in [2.05, 4.69) is 33.9 Å². The standard InChI is InChI=1S/C44H51ClN6O7S.H2S/c1-27-28(2)59-44-40(27)41(30-10-12-34(45)13-11-30)47-38(42-49-48-29(3)51(42)44)25-36(52)7-5-16-56-18-20-58-21-19-57-17-14-39(54)46-35-6-4-15-50(26-35)43(55)32-9-8-31-23-37(53)24-33(31)22-32;/h8-13,22,35,38H,4-7,14-21,23-26H2,1-3H3,(H,46,54);1H2/t35?,38-;/m0./s1. The number of hydrogen-bond acceptors (Lipinski definition) is 11. The molecule has 0 spiro atoms. The van der Waals surface area contributed by atoms with Crippen LogP contribution in [0.1, 0.15) is 99.3 Å². The highest BCUT2D eigenvalue weighted by molar-refractivity contribution is 7.59. The molecule has 13 nitrogen and oxygen atoms in total. The van der Waals surface area contributed by atoms with Gasteiger partial charge in [-0.3, -0.25) is 28.7 Å². The Labute approximate surface area is 366 Å². The highest BCUT2D eigenvalue weighted by atomic mass is 35.5. The fourth-order valence-electron chi connectivity index (χ4n) is 7.87. The van der Waals surface area contributed by atoms with Crippen LogP contribution in [0.4, 0.5) is 0 Å². The Bertz CT molecular complexity index is 2220. The van der Waals surface area contributed by atoms with Gasteiger partial charge in [-0.2, -0.15) is 13.5 Å². The predicted molar refractivity (Wildman–Crippen MR) is 236 cm³/mol. The fraction of sp³-hybridized carbons (Fsp3) is 0.477. The second-order valence-electron chi connectivity index (χ2n) is 15.4. The second-order valence-corrected chi connectivity index (χ2v) is 17.0. The number of carbonyl (C=O) groups excluding carboxylic acids is 4. The number of ketones is 2. The van der Waals surface area contributed by atoms with Crippen LogP contribution in [0.3, 0.4) is 0 Å². The topological polar surface area (TPSA) is 154 Å². The fourth-order valence-corrected chi connectivity index (χ4v) is 9.21. The van der Waals surface area contributed by atoms with Gasteiger partial charge in [0.05, 0.1) is 38.7 Å². The number of nitrogens with one attached hydrogen (secondary N) is 1. The molecule has 16 heteroatoms. The molecule has 2 amide bonds. The Kier molecular flexibility index (Phi) is 15.9. The number of likely N-dealkylation sites (tertiary alicyclic amines) is 1. The molecule has 7 rings (SSSR count). The summed E-state index contributed by atoms with van der Waals surface area (Å²) in [6, 6.07) is 12.6. The summed E-state index contributed by atoms with van der Waals surface area (Å²) >= 11 is 7.90. The number of Topliss-reactive ketones (excluding diaryl/α,β-unsaturated/α-hetero) is 2. The number of thiophene rings is 1. The van der Waals surface area contributed by atoms with Crippen molar-refractivity contribution in [3.05, 3.63) is 97.4 Å². The highest BCUT2D eigenvalue weighted by Gasteiger charge is 2.32. The summed E-state index contributed by atoms with van der Waals surface area (Å²) in [5, 5.41) is 13.6. The summed E-state index contributed by atoms with van der Waals surface area (Å²) in [5.41, 5.74) is 6.47. The van der Waals surface area contributed by atoms with Gasteiger partial charge in [0.1, 0.15) is 28.4 Å². The molecular weight excluding hydrogens is 824 g/mol. The van der Waals surface area contributed by atoms with E-state index in [1.165, 1.54) is 4.88 Å². The van der Waals surface area contributed by atoms with E-state index in [9.17, 15) is 19.2 Å².